The molecule has 25 heavy (non-hydrogen) atoms. The van der Waals surface area contributed by atoms with Crippen LogP contribution in [-0.4, -0.2) is 48.1 Å². The van der Waals surface area contributed by atoms with Gasteiger partial charge in [0.2, 0.25) is 0 Å². The first-order valence-electron chi connectivity index (χ1n) is 7.88. The molecule has 6 nitrogen and oxygen atoms in total. The average Bonchev–Trinajstić information content (AvgIpc) is 2.62. The highest BCUT2D eigenvalue weighted by molar-refractivity contribution is 6.30. The summed E-state index contributed by atoms with van der Waals surface area (Å²) in [7, 11) is 0. The molecule has 0 aromatic heterocycles. The first kappa shape index (κ1) is 17.1. The smallest absolute Gasteiger partial charge is 0.336 e. The molecule has 1 aliphatic heterocycles. The lowest BCUT2D eigenvalue weighted by molar-refractivity contribution is 0.0673. The zero-order valence-electron chi connectivity index (χ0n) is 13.5. The maximum atomic E-state index is 12.7. The van der Waals surface area contributed by atoms with E-state index in [2.05, 4.69) is 4.90 Å². The number of nitrogens with two attached hydrogens (primary N) is 1. The molecule has 2 aromatic rings. The SMILES string of the molecule is Nc1ccc(C(=O)N2CCN(c3ccc(Cl)cc3)CC2)c(C(=O)O)c1. The average molecular weight is 360 g/mol. The van der Waals surface area contributed by atoms with Gasteiger partial charge in [0.15, 0.2) is 0 Å². The van der Waals surface area contributed by atoms with Crippen molar-refractivity contribution in [2.75, 3.05) is 36.8 Å². The van der Waals surface area contributed by atoms with Crippen molar-refractivity contribution in [2.24, 2.45) is 0 Å². The van der Waals surface area contributed by atoms with Crippen molar-refractivity contribution < 1.29 is 14.7 Å². The Morgan fingerprint density at radius 1 is 0.960 bits per heavy atom. The Kier molecular flexibility index (Phi) is 4.81. The quantitative estimate of drug-likeness (QED) is 0.822. The molecule has 130 valence electrons. The van der Waals surface area contributed by atoms with Gasteiger partial charge in [0, 0.05) is 42.6 Å². The van der Waals surface area contributed by atoms with Gasteiger partial charge in [0.1, 0.15) is 0 Å². The van der Waals surface area contributed by atoms with Crippen LogP contribution in [0.4, 0.5) is 11.4 Å². The number of hydrogen-bond acceptors (Lipinski definition) is 4. The number of nitrogen functional groups attached to an aromatic ring is 1. The number of carboxylic acid groups (broad SMARTS) is 1. The molecule has 2 aromatic carbocycles. The molecule has 1 amide bonds. The molecule has 0 bridgehead atoms. The van der Waals surface area contributed by atoms with Gasteiger partial charge in [0.05, 0.1) is 11.1 Å². The van der Waals surface area contributed by atoms with E-state index in [0.29, 0.717) is 36.9 Å². The van der Waals surface area contributed by atoms with Gasteiger partial charge < -0.3 is 20.6 Å². The Balaban J connectivity index is 1.72. The van der Waals surface area contributed by atoms with Crippen molar-refractivity contribution in [1.29, 1.82) is 0 Å². The van der Waals surface area contributed by atoms with Crippen molar-refractivity contribution in [3.63, 3.8) is 0 Å². The minimum absolute atomic E-state index is 0.0647. The molecule has 0 unspecified atom stereocenters. The van der Waals surface area contributed by atoms with Crippen LogP contribution in [0, 0.1) is 0 Å². The van der Waals surface area contributed by atoms with E-state index in [0.717, 1.165) is 5.69 Å². The summed E-state index contributed by atoms with van der Waals surface area (Å²) in [4.78, 5) is 27.9. The lowest BCUT2D eigenvalue weighted by Gasteiger charge is -2.36. The third-order valence-electron chi connectivity index (χ3n) is 4.26. The van der Waals surface area contributed by atoms with Gasteiger partial charge in [-0.3, -0.25) is 4.79 Å². The van der Waals surface area contributed by atoms with Crippen LogP contribution in [0.5, 0.6) is 0 Å². The van der Waals surface area contributed by atoms with E-state index in [1.807, 2.05) is 24.3 Å². The van der Waals surface area contributed by atoms with Crippen molar-refractivity contribution in [2.45, 2.75) is 0 Å². The van der Waals surface area contributed by atoms with Crippen molar-refractivity contribution in [1.82, 2.24) is 4.90 Å². The Morgan fingerprint density at radius 2 is 1.60 bits per heavy atom. The summed E-state index contributed by atoms with van der Waals surface area (Å²) in [5.41, 5.74) is 7.11. The summed E-state index contributed by atoms with van der Waals surface area (Å²) < 4.78 is 0. The van der Waals surface area contributed by atoms with E-state index < -0.39 is 5.97 Å². The zero-order chi connectivity index (χ0) is 18.0. The van der Waals surface area contributed by atoms with Crippen LogP contribution in [0.1, 0.15) is 20.7 Å². The Labute approximate surface area is 150 Å². The first-order valence-corrected chi connectivity index (χ1v) is 8.26. The lowest BCUT2D eigenvalue weighted by Crippen LogP contribution is -2.49. The Hall–Kier alpha value is -2.73. The van der Waals surface area contributed by atoms with Crippen LogP contribution in [-0.2, 0) is 0 Å². The van der Waals surface area contributed by atoms with Crippen LogP contribution < -0.4 is 10.6 Å². The molecule has 0 spiro atoms. The monoisotopic (exact) mass is 359 g/mol. The number of rotatable bonds is 3. The fraction of sp³-hybridized carbons (Fsp3) is 0.222. The summed E-state index contributed by atoms with van der Waals surface area (Å²) in [5, 5.41) is 9.99. The van der Waals surface area contributed by atoms with E-state index in [1.165, 1.54) is 12.1 Å². The van der Waals surface area contributed by atoms with Gasteiger partial charge in [-0.1, -0.05) is 11.6 Å². The normalized spacial score (nSPS) is 14.4. The molecule has 1 aliphatic rings. The van der Waals surface area contributed by atoms with E-state index in [9.17, 15) is 14.7 Å². The van der Waals surface area contributed by atoms with Gasteiger partial charge in [-0.15, -0.1) is 0 Å². The van der Waals surface area contributed by atoms with Gasteiger partial charge in [-0.05, 0) is 42.5 Å². The number of nitrogens with zero attached hydrogens (tertiary/aromatic N) is 2. The summed E-state index contributed by atoms with van der Waals surface area (Å²) in [6.45, 7) is 2.38. The lowest BCUT2D eigenvalue weighted by atomic mass is 10.0. The maximum Gasteiger partial charge on any atom is 0.336 e. The molecule has 0 radical (unpaired) electrons. The largest absolute Gasteiger partial charge is 0.478 e. The molecular formula is C18H18ClN3O3. The third-order valence-corrected chi connectivity index (χ3v) is 4.52. The number of aromatic carboxylic acids is 1. The number of carbonyl (C=O) groups excluding carboxylic acids is 1. The van der Waals surface area contributed by atoms with Gasteiger partial charge >= 0.3 is 5.97 Å². The molecule has 3 N–H and O–H groups in total. The van der Waals surface area contributed by atoms with Crippen molar-refractivity contribution in [3.05, 3.63) is 58.6 Å². The Bertz CT molecular complexity index is 800. The number of piperazine rings is 1. The number of carboxylic acids is 1. The van der Waals surface area contributed by atoms with E-state index in [-0.39, 0.29) is 17.0 Å². The number of benzene rings is 2. The predicted octanol–water partition coefficient (Wildman–Crippen LogP) is 2.58. The summed E-state index contributed by atoms with van der Waals surface area (Å²) in [6, 6.07) is 11.9. The number of carbonyl (C=O) groups is 2. The second-order valence-corrected chi connectivity index (χ2v) is 6.30. The van der Waals surface area contributed by atoms with Gasteiger partial charge in [0.25, 0.3) is 5.91 Å². The summed E-state index contributed by atoms with van der Waals surface area (Å²) in [5.74, 6) is -1.44. The van der Waals surface area contributed by atoms with Crippen molar-refractivity contribution >= 4 is 34.9 Å². The molecule has 0 aliphatic carbocycles. The topological polar surface area (TPSA) is 86.9 Å². The zero-order valence-corrected chi connectivity index (χ0v) is 14.2. The number of halogens is 1. The van der Waals surface area contributed by atoms with Crippen molar-refractivity contribution in [3.8, 4) is 0 Å². The number of anilines is 2. The molecule has 3 rings (SSSR count). The molecular weight excluding hydrogens is 342 g/mol. The summed E-state index contributed by atoms with van der Waals surface area (Å²) >= 11 is 5.91. The fourth-order valence-corrected chi connectivity index (χ4v) is 3.04. The minimum atomic E-state index is -1.16. The molecule has 0 atom stereocenters. The van der Waals surface area contributed by atoms with Crippen LogP contribution in [0.2, 0.25) is 5.02 Å². The van der Waals surface area contributed by atoms with E-state index >= 15 is 0 Å². The van der Waals surface area contributed by atoms with Crippen LogP contribution >= 0.6 is 11.6 Å². The molecule has 1 heterocycles. The molecule has 1 saturated heterocycles. The maximum absolute atomic E-state index is 12.7. The first-order chi connectivity index (χ1) is 12.0. The Morgan fingerprint density at radius 3 is 2.20 bits per heavy atom. The third kappa shape index (κ3) is 3.69. The fourth-order valence-electron chi connectivity index (χ4n) is 2.92. The standard InChI is InChI=1S/C18H18ClN3O3/c19-12-1-4-14(5-2-12)21-7-9-22(10-8-21)17(23)15-6-3-13(20)11-16(15)18(24)25/h1-6,11H,7-10,20H2,(H,24,25). The van der Waals surface area contributed by atoms with Gasteiger partial charge in [-0.2, -0.15) is 0 Å². The summed E-state index contributed by atoms with van der Waals surface area (Å²) in [6.07, 6.45) is 0. The van der Waals surface area contributed by atoms with E-state index in [4.69, 9.17) is 17.3 Å². The minimum Gasteiger partial charge on any atom is -0.478 e. The number of amides is 1. The second-order valence-electron chi connectivity index (χ2n) is 5.87. The highest BCUT2D eigenvalue weighted by Gasteiger charge is 2.25. The van der Waals surface area contributed by atoms with E-state index in [1.54, 1.807) is 11.0 Å². The molecule has 1 fully saturated rings. The van der Waals surface area contributed by atoms with Gasteiger partial charge in [-0.25, -0.2) is 4.79 Å². The highest BCUT2D eigenvalue weighted by atomic mass is 35.5. The predicted molar refractivity (Wildman–Crippen MR) is 97.4 cm³/mol. The highest BCUT2D eigenvalue weighted by Crippen LogP contribution is 2.21. The van der Waals surface area contributed by atoms with Crippen LogP contribution in [0.15, 0.2) is 42.5 Å². The number of hydrogen-bond donors (Lipinski definition) is 2. The van der Waals surface area contributed by atoms with Crippen LogP contribution in [0.25, 0.3) is 0 Å². The second kappa shape index (κ2) is 7.03. The molecule has 7 heteroatoms. The van der Waals surface area contributed by atoms with Crippen LogP contribution in [0.3, 0.4) is 0 Å². The molecule has 0 saturated carbocycles.